The molecule has 14 heteroatoms. The summed E-state index contributed by atoms with van der Waals surface area (Å²) in [6.45, 7) is 4.19. The highest BCUT2D eigenvalue weighted by atomic mass is 19.4. The van der Waals surface area contributed by atoms with E-state index in [-0.39, 0.29) is 19.3 Å². The molecule has 0 fully saturated rings. The van der Waals surface area contributed by atoms with Crippen LogP contribution in [0.5, 0.6) is 0 Å². The zero-order chi connectivity index (χ0) is 23.1. The lowest BCUT2D eigenvalue weighted by molar-refractivity contribution is -0.445. The molecule has 0 amide bonds. The molecule has 0 rings (SSSR count). The zero-order valence-corrected chi connectivity index (χ0v) is 14.8. The van der Waals surface area contributed by atoms with E-state index in [1.807, 2.05) is 0 Å². The summed E-state index contributed by atoms with van der Waals surface area (Å²) in [5, 5.41) is 0. The van der Waals surface area contributed by atoms with Crippen LogP contribution in [0.1, 0.15) is 34.1 Å². The SMILES string of the molecule is CC(C)CC(C)OC(C)C(F)(F)C(F)(F)C(F)(F)C(F)(F)C(F)(F)C(F)(F)F. The third kappa shape index (κ3) is 4.30. The van der Waals surface area contributed by atoms with E-state index < -0.39 is 48.0 Å². The average Bonchev–Trinajstić information content (AvgIpc) is 2.43. The molecule has 2 unspecified atom stereocenters. The highest BCUT2D eigenvalue weighted by Gasteiger charge is 2.91. The quantitative estimate of drug-likeness (QED) is 0.363. The topological polar surface area (TPSA) is 9.23 Å². The predicted molar refractivity (Wildman–Crippen MR) is 70.3 cm³/mol. The maximum absolute atomic E-state index is 13.8. The standard InChI is InChI=1S/C14H17F13O/c1-6(2)5-7(3)28-8(4)9(15,16)10(17,18)11(19,20)12(21,22)13(23,24)14(25,26)27/h6-8H,5H2,1-4H3. The van der Waals surface area contributed by atoms with E-state index in [4.69, 9.17) is 0 Å². The van der Waals surface area contributed by atoms with Gasteiger partial charge in [-0.15, -0.1) is 0 Å². The van der Waals surface area contributed by atoms with Gasteiger partial charge >= 0.3 is 35.8 Å². The lowest BCUT2D eigenvalue weighted by Gasteiger charge is -2.41. The van der Waals surface area contributed by atoms with Crippen molar-refractivity contribution < 1.29 is 61.8 Å². The van der Waals surface area contributed by atoms with Crippen LogP contribution in [0.25, 0.3) is 0 Å². The molecule has 0 aromatic carbocycles. The van der Waals surface area contributed by atoms with Crippen LogP contribution in [0.3, 0.4) is 0 Å². The fraction of sp³-hybridized carbons (Fsp3) is 1.00. The van der Waals surface area contributed by atoms with Crippen molar-refractivity contribution in [3.05, 3.63) is 0 Å². The normalized spacial score (nSPS) is 17.8. The highest BCUT2D eigenvalue weighted by Crippen LogP contribution is 2.60. The van der Waals surface area contributed by atoms with Crippen LogP contribution in [0.15, 0.2) is 0 Å². The van der Waals surface area contributed by atoms with Crippen molar-refractivity contribution in [3.63, 3.8) is 0 Å². The van der Waals surface area contributed by atoms with Gasteiger partial charge in [0.1, 0.15) is 6.10 Å². The first-order valence-corrected chi connectivity index (χ1v) is 7.59. The summed E-state index contributed by atoms with van der Waals surface area (Å²) in [6, 6.07) is 0. The molecule has 0 bridgehead atoms. The van der Waals surface area contributed by atoms with Gasteiger partial charge in [-0.05, 0) is 26.2 Å². The molecule has 170 valence electrons. The summed E-state index contributed by atoms with van der Waals surface area (Å²) in [7, 11) is 0. The van der Waals surface area contributed by atoms with Crippen molar-refractivity contribution in [1.82, 2.24) is 0 Å². The van der Waals surface area contributed by atoms with Crippen LogP contribution in [-0.4, -0.2) is 48.0 Å². The van der Waals surface area contributed by atoms with Gasteiger partial charge < -0.3 is 4.74 Å². The van der Waals surface area contributed by atoms with Gasteiger partial charge in [0.05, 0.1) is 6.10 Å². The molecule has 0 aliphatic carbocycles. The van der Waals surface area contributed by atoms with Crippen molar-refractivity contribution in [2.45, 2.75) is 82.1 Å². The lowest BCUT2D eigenvalue weighted by Crippen LogP contribution is -2.71. The molecule has 0 N–H and O–H groups in total. The van der Waals surface area contributed by atoms with Crippen LogP contribution in [0, 0.1) is 5.92 Å². The first-order chi connectivity index (χ1) is 12.0. The fourth-order valence-corrected chi connectivity index (χ4v) is 2.19. The second-order valence-corrected chi connectivity index (χ2v) is 6.64. The number of hydrogen-bond acceptors (Lipinski definition) is 1. The monoisotopic (exact) mass is 448 g/mol. The Morgan fingerprint density at radius 1 is 0.571 bits per heavy atom. The summed E-state index contributed by atoms with van der Waals surface area (Å²) < 4.78 is 174. The Labute approximate surface area is 151 Å². The van der Waals surface area contributed by atoms with E-state index in [0.717, 1.165) is 6.92 Å². The minimum atomic E-state index is -7.89. The summed E-state index contributed by atoms with van der Waals surface area (Å²) in [4.78, 5) is 0. The van der Waals surface area contributed by atoms with Gasteiger partial charge in [-0.3, -0.25) is 0 Å². The molecular weight excluding hydrogens is 431 g/mol. The van der Waals surface area contributed by atoms with Crippen molar-refractivity contribution in [2.24, 2.45) is 5.92 Å². The number of ether oxygens (including phenoxy) is 1. The number of halogens is 13. The highest BCUT2D eigenvalue weighted by molar-refractivity contribution is 5.11. The van der Waals surface area contributed by atoms with Crippen LogP contribution < -0.4 is 0 Å². The minimum Gasteiger partial charge on any atom is -0.369 e. The van der Waals surface area contributed by atoms with Crippen molar-refractivity contribution in [2.75, 3.05) is 0 Å². The molecule has 0 radical (unpaired) electrons. The molecule has 1 nitrogen and oxygen atoms in total. The molecule has 0 saturated heterocycles. The van der Waals surface area contributed by atoms with E-state index in [2.05, 4.69) is 4.74 Å². The maximum atomic E-state index is 13.8. The van der Waals surface area contributed by atoms with Gasteiger partial charge in [-0.2, -0.15) is 57.1 Å². The van der Waals surface area contributed by atoms with Gasteiger partial charge in [0, 0.05) is 0 Å². The third-order valence-electron chi connectivity index (χ3n) is 3.71. The molecule has 0 aliphatic heterocycles. The van der Waals surface area contributed by atoms with Gasteiger partial charge in [0.25, 0.3) is 0 Å². The Balaban J connectivity index is 6.04. The first kappa shape index (κ1) is 27.0. The predicted octanol–water partition coefficient (Wildman–Crippen LogP) is 6.56. The van der Waals surface area contributed by atoms with Crippen molar-refractivity contribution in [3.8, 4) is 0 Å². The molecule has 0 heterocycles. The van der Waals surface area contributed by atoms with Crippen LogP contribution in [-0.2, 0) is 4.74 Å². The zero-order valence-electron chi connectivity index (χ0n) is 14.8. The molecule has 2 atom stereocenters. The molecule has 0 aliphatic rings. The van der Waals surface area contributed by atoms with Gasteiger partial charge in [0.15, 0.2) is 0 Å². The van der Waals surface area contributed by atoms with Crippen LogP contribution in [0.4, 0.5) is 57.1 Å². The number of hydrogen-bond donors (Lipinski definition) is 0. The molecular formula is C14H17F13O. The van der Waals surface area contributed by atoms with E-state index in [1.165, 1.54) is 13.8 Å². The minimum absolute atomic E-state index is 0.0648. The third-order valence-corrected chi connectivity index (χ3v) is 3.71. The van der Waals surface area contributed by atoms with Crippen LogP contribution >= 0.6 is 0 Å². The van der Waals surface area contributed by atoms with Crippen LogP contribution in [0.2, 0.25) is 0 Å². The summed E-state index contributed by atoms with van der Waals surface area (Å²) >= 11 is 0. The Morgan fingerprint density at radius 3 is 1.25 bits per heavy atom. The van der Waals surface area contributed by atoms with E-state index >= 15 is 0 Å². The van der Waals surface area contributed by atoms with Gasteiger partial charge in [-0.1, -0.05) is 13.8 Å². The van der Waals surface area contributed by atoms with Crippen molar-refractivity contribution in [1.29, 1.82) is 0 Å². The molecule has 0 aromatic heterocycles. The molecule has 0 saturated carbocycles. The van der Waals surface area contributed by atoms with Crippen molar-refractivity contribution >= 4 is 0 Å². The summed E-state index contributed by atoms with van der Waals surface area (Å²) in [5.41, 5.74) is 0. The summed E-state index contributed by atoms with van der Waals surface area (Å²) in [5.74, 6) is -37.2. The second-order valence-electron chi connectivity index (χ2n) is 6.64. The number of rotatable bonds is 9. The Kier molecular flexibility index (Phi) is 7.45. The Hall–Kier alpha value is -0.950. The second kappa shape index (κ2) is 7.71. The average molecular weight is 448 g/mol. The molecule has 0 aromatic rings. The number of alkyl halides is 13. The van der Waals surface area contributed by atoms with E-state index in [9.17, 15) is 57.1 Å². The van der Waals surface area contributed by atoms with Gasteiger partial charge in [0.2, 0.25) is 0 Å². The molecule has 28 heavy (non-hydrogen) atoms. The summed E-state index contributed by atoms with van der Waals surface area (Å²) in [6.07, 6.45) is -12.0. The Bertz CT molecular complexity index is 524. The Morgan fingerprint density at radius 2 is 0.929 bits per heavy atom. The maximum Gasteiger partial charge on any atom is 0.460 e. The van der Waals surface area contributed by atoms with Gasteiger partial charge in [-0.25, -0.2) is 0 Å². The van der Waals surface area contributed by atoms with E-state index in [1.54, 1.807) is 0 Å². The van der Waals surface area contributed by atoms with E-state index in [0.29, 0.717) is 0 Å². The fourth-order valence-electron chi connectivity index (χ4n) is 2.19. The molecule has 0 spiro atoms. The smallest absolute Gasteiger partial charge is 0.369 e. The lowest BCUT2D eigenvalue weighted by atomic mass is 9.92. The first-order valence-electron chi connectivity index (χ1n) is 7.59. The largest absolute Gasteiger partial charge is 0.460 e.